The fourth-order valence-electron chi connectivity index (χ4n) is 4.14. The van der Waals surface area contributed by atoms with Gasteiger partial charge in [0.15, 0.2) is 0 Å². The second kappa shape index (κ2) is 6.79. The molecular weight excluding hydrogens is 338 g/mol. The summed E-state index contributed by atoms with van der Waals surface area (Å²) in [6.07, 6.45) is 2.19. The van der Waals surface area contributed by atoms with Gasteiger partial charge in [-0.15, -0.1) is 0 Å². The lowest BCUT2D eigenvalue weighted by atomic mass is 10.2. The standard InChI is InChI=1S/C21H23N5O/c27-14-15-6-5-11-25(15)13-21-24-18-9-3-4-10-19(18)26(21)12-20-22-16-7-1-2-8-17(16)23-20/h1-4,7-10,15,27H,5-6,11-14H2,(H,22,23). The van der Waals surface area contributed by atoms with E-state index in [1.165, 1.54) is 0 Å². The molecule has 0 bridgehead atoms. The van der Waals surface area contributed by atoms with Crippen LogP contribution in [0, 0.1) is 0 Å². The molecule has 6 nitrogen and oxygen atoms in total. The Balaban J connectivity index is 1.53. The van der Waals surface area contributed by atoms with Crippen molar-refractivity contribution in [1.29, 1.82) is 0 Å². The van der Waals surface area contributed by atoms with Gasteiger partial charge in [-0.2, -0.15) is 0 Å². The van der Waals surface area contributed by atoms with E-state index in [1.807, 2.05) is 24.3 Å². The summed E-state index contributed by atoms with van der Waals surface area (Å²) in [5.41, 5.74) is 4.16. The first-order chi connectivity index (χ1) is 13.3. The lowest BCUT2D eigenvalue weighted by Gasteiger charge is -2.22. The number of nitrogens with one attached hydrogen (secondary N) is 1. The fourth-order valence-corrected chi connectivity index (χ4v) is 4.14. The number of fused-ring (bicyclic) bond motifs is 2. The van der Waals surface area contributed by atoms with Crippen LogP contribution in [-0.2, 0) is 13.1 Å². The molecule has 1 fully saturated rings. The molecule has 0 aliphatic carbocycles. The number of hydrogen-bond donors (Lipinski definition) is 2. The quantitative estimate of drug-likeness (QED) is 0.573. The van der Waals surface area contributed by atoms with Gasteiger partial charge in [0.25, 0.3) is 0 Å². The average molecular weight is 361 g/mol. The second-order valence-electron chi connectivity index (χ2n) is 7.25. The monoisotopic (exact) mass is 361 g/mol. The van der Waals surface area contributed by atoms with Crippen LogP contribution in [0.25, 0.3) is 22.1 Å². The normalized spacial score (nSPS) is 18.0. The van der Waals surface area contributed by atoms with Crippen LogP contribution in [0.15, 0.2) is 48.5 Å². The molecule has 6 heteroatoms. The molecule has 138 valence electrons. The Morgan fingerprint density at radius 2 is 1.81 bits per heavy atom. The first-order valence-electron chi connectivity index (χ1n) is 9.54. The topological polar surface area (TPSA) is 70.0 Å². The van der Waals surface area contributed by atoms with E-state index in [9.17, 15) is 5.11 Å². The molecule has 0 spiro atoms. The van der Waals surface area contributed by atoms with Crippen molar-refractivity contribution in [2.75, 3.05) is 13.2 Å². The number of nitrogens with zero attached hydrogens (tertiary/aromatic N) is 4. The Labute approximate surface area is 157 Å². The molecule has 2 N–H and O–H groups in total. The lowest BCUT2D eigenvalue weighted by Crippen LogP contribution is -2.32. The van der Waals surface area contributed by atoms with Crippen LogP contribution < -0.4 is 0 Å². The minimum atomic E-state index is 0.212. The minimum absolute atomic E-state index is 0.212. The van der Waals surface area contributed by atoms with E-state index in [0.29, 0.717) is 6.54 Å². The summed E-state index contributed by atoms with van der Waals surface area (Å²) in [5, 5.41) is 9.66. The van der Waals surface area contributed by atoms with Crippen LogP contribution in [-0.4, -0.2) is 48.7 Å². The SMILES string of the molecule is OCC1CCCN1Cc1nc2ccccc2n1Cc1nc2ccccc2[nH]1. The fraction of sp³-hybridized carbons (Fsp3) is 0.333. The number of benzene rings is 2. The molecule has 2 aromatic carbocycles. The van der Waals surface area contributed by atoms with Crippen LogP contribution >= 0.6 is 0 Å². The van der Waals surface area contributed by atoms with E-state index in [-0.39, 0.29) is 12.6 Å². The summed E-state index contributed by atoms with van der Waals surface area (Å²) in [6.45, 7) is 2.63. The number of imidazole rings is 2. The molecule has 1 atom stereocenters. The number of hydrogen-bond acceptors (Lipinski definition) is 4. The molecule has 2 aromatic heterocycles. The maximum atomic E-state index is 9.66. The van der Waals surface area contributed by atoms with Gasteiger partial charge in [-0.3, -0.25) is 4.90 Å². The third-order valence-electron chi connectivity index (χ3n) is 5.53. The number of likely N-dealkylation sites (tertiary alicyclic amines) is 1. The zero-order valence-electron chi connectivity index (χ0n) is 15.2. The van der Waals surface area contributed by atoms with Crippen LogP contribution in [0.2, 0.25) is 0 Å². The molecule has 27 heavy (non-hydrogen) atoms. The maximum absolute atomic E-state index is 9.66. The zero-order valence-corrected chi connectivity index (χ0v) is 15.2. The predicted molar refractivity (Wildman–Crippen MR) is 105 cm³/mol. The van der Waals surface area contributed by atoms with Crippen LogP contribution in [0.1, 0.15) is 24.5 Å². The summed E-state index contributed by atoms with van der Waals surface area (Å²) in [7, 11) is 0. The van der Waals surface area contributed by atoms with Crippen molar-refractivity contribution in [3.05, 3.63) is 60.2 Å². The maximum Gasteiger partial charge on any atom is 0.127 e. The van der Waals surface area contributed by atoms with Crippen LogP contribution in [0.4, 0.5) is 0 Å². The average Bonchev–Trinajstić information content (AvgIpc) is 3.39. The van der Waals surface area contributed by atoms with Gasteiger partial charge >= 0.3 is 0 Å². The molecule has 0 amide bonds. The highest BCUT2D eigenvalue weighted by Crippen LogP contribution is 2.23. The molecule has 0 saturated carbocycles. The van der Waals surface area contributed by atoms with Crippen molar-refractivity contribution in [1.82, 2.24) is 24.4 Å². The van der Waals surface area contributed by atoms with Gasteiger partial charge in [0.1, 0.15) is 11.6 Å². The summed E-state index contributed by atoms with van der Waals surface area (Å²) in [4.78, 5) is 15.4. The minimum Gasteiger partial charge on any atom is -0.395 e. The van der Waals surface area contributed by atoms with E-state index in [4.69, 9.17) is 9.97 Å². The Morgan fingerprint density at radius 3 is 2.67 bits per heavy atom. The van der Waals surface area contributed by atoms with Crippen molar-refractivity contribution >= 4 is 22.1 Å². The van der Waals surface area contributed by atoms with Crippen molar-refractivity contribution < 1.29 is 5.11 Å². The molecule has 0 radical (unpaired) electrons. The number of aliphatic hydroxyl groups is 1. The highest BCUT2D eigenvalue weighted by molar-refractivity contribution is 5.77. The third-order valence-corrected chi connectivity index (χ3v) is 5.53. The van der Waals surface area contributed by atoms with Crippen LogP contribution in [0.3, 0.4) is 0 Å². The van der Waals surface area contributed by atoms with Gasteiger partial charge in [0.2, 0.25) is 0 Å². The lowest BCUT2D eigenvalue weighted by molar-refractivity contribution is 0.150. The second-order valence-corrected chi connectivity index (χ2v) is 7.25. The zero-order chi connectivity index (χ0) is 18.2. The first kappa shape index (κ1) is 16.5. The number of aromatic amines is 1. The molecule has 1 aliphatic rings. The van der Waals surface area contributed by atoms with Crippen molar-refractivity contribution in [3.63, 3.8) is 0 Å². The third kappa shape index (κ3) is 3.01. The number of rotatable bonds is 5. The first-order valence-corrected chi connectivity index (χ1v) is 9.54. The Bertz CT molecular complexity index is 1050. The summed E-state index contributed by atoms with van der Waals surface area (Å²) >= 11 is 0. The molecule has 5 rings (SSSR count). The predicted octanol–water partition coefficient (Wildman–Crippen LogP) is 2.92. The number of para-hydroxylation sites is 4. The molecule has 1 unspecified atom stereocenters. The van der Waals surface area contributed by atoms with E-state index in [2.05, 4.69) is 38.7 Å². The van der Waals surface area contributed by atoms with E-state index in [0.717, 1.165) is 59.6 Å². The van der Waals surface area contributed by atoms with Gasteiger partial charge in [-0.1, -0.05) is 24.3 Å². The largest absolute Gasteiger partial charge is 0.395 e. The molecule has 1 saturated heterocycles. The number of H-pyrrole nitrogens is 1. The Hall–Kier alpha value is -2.70. The molecule has 3 heterocycles. The molecule has 4 aromatic rings. The van der Waals surface area contributed by atoms with E-state index >= 15 is 0 Å². The van der Waals surface area contributed by atoms with Gasteiger partial charge in [-0.05, 0) is 43.7 Å². The van der Waals surface area contributed by atoms with Crippen LogP contribution in [0.5, 0.6) is 0 Å². The summed E-state index contributed by atoms with van der Waals surface area (Å²) in [6, 6.07) is 16.6. The van der Waals surface area contributed by atoms with Gasteiger partial charge in [-0.25, -0.2) is 9.97 Å². The number of aromatic nitrogens is 4. The van der Waals surface area contributed by atoms with Crippen molar-refractivity contribution in [2.24, 2.45) is 0 Å². The van der Waals surface area contributed by atoms with Crippen molar-refractivity contribution in [3.8, 4) is 0 Å². The Kier molecular flexibility index (Phi) is 4.14. The van der Waals surface area contributed by atoms with Gasteiger partial charge < -0.3 is 14.7 Å². The summed E-state index contributed by atoms with van der Waals surface area (Å²) < 4.78 is 2.25. The molecule has 1 aliphatic heterocycles. The number of aliphatic hydroxyl groups excluding tert-OH is 1. The summed E-state index contributed by atoms with van der Waals surface area (Å²) in [5.74, 6) is 1.96. The highest BCUT2D eigenvalue weighted by Gasteiger charge is 2.25. The van der Waals surface area contributed by atoms with Gasteiger partial charge in [0.05, 0.1) is 41.8 Å². The van der Waals surface area contributed by atoms with E-state index in [1.54, 1.807) is 0 Å². The van der Waals surface area contributed by atoms with Gasteiger partial charge in [0, 0.05) is 6.04 Å². The van der Waals surface area contributed by atoms with E-state index < -0.39 is 0 Å². The van der Waals surface area contributed by atoms with Crippen molar-refractivity contribution in [2.45, 2.75) is 32.0 Å². The smallest absolute Gasteiger partial charge is 0.127 e. The highest BCUT2D eigenvalue weighted by atomic mass is 16.3. The Morgan fingerprint density at radius 1 is 1.00 bits per heavy atom. The molecular formula is C21H23N5O.